The second-order valence-electron chi connectivity index (χ2n) is 3.05. The van der Waals surface area contributed by atoms with E-state index in [2.05, 4.69) is 5.32 Å². The van der Waals surface area contributed by atoms with E-state index >= 15 is 0 Å². The van der Waals surface area contributed by atoms with Crippen LogP contribution in [0.4, 0.5) is 17.6 Å². The van der Waals surface area contributed by atoms with Crippen LogP contribution in [0.3, 0.4) is 0 Å². The van der Waals surface area contributed by atoms with Crippen LogP contribution in [0.2, 0.25) is 0 Å². The fourth-order valence-electron chi connectivity index (χ4n) is 1.15. The molecular formula is C10H9F4NO. The van der Waals surface area contributed by atoms with Crippen LogP contribution in [0.5, 0.6) is 0 Å². The first-order chi connectivity index (χ1) is 7.36. The summed E-state index contributed by atoms with van der Waals surface area (Å²) in [5.74, 6) is -2.05. The van der Waals surface area contributed by atoms with Crippen LogP contribution < -0.4 is 5.32 Å². The van der Waals surface area contributed by atoms with Gasteiger partial charge in [0.2, 0.25) is 0 Å². The van der Waals surface area contributed by atoms with Gasteiger partial charge in [-0.15, -0.1) is 0 Å². The van der Waals surface area contributed by atoms with Crippen molar-refractivity contribution in [2.45, 2.75) is 13.1 Å². The Bertz CT molecular complexity index is 400. The summed E-state index contributed by atoms with van der Waals surface area (Å²) in [6.07, 6.45) is -4.75. The van der Waals surface area contributed by atoms with Crippen LogP contribution in [0.15, 0.2) is 18.2 Å². The summed E-state index contributed by atoms with van der Waals surface area (Å²) < 4.78 is 49.6. The molecule has 16 heavy (non-hydrogen) atoms. The summed E-state index contributed by atoms with van der Waals surface area (Å²) in [5, 5.41) is 2.36. The maximum absolute atomic E-state index is 13.0. The number of carbonyl (C=O) groups is 1. The minimum atomic E-state index is -4.75. The van der Waals surface area contributed by atoms with Gasteiger partial charge in [0.05, 0.1) is 5.56 Å². The number of halogens is 4. The third-order valence-electron chi connectivity index (χ3n) is 1.87. The lowest BCUT2D eigenvalue weighted by molar-refractivity contribution is -0.140. The van der Waals surface area contributed by atoms with Gasteiger partial charge in [-0.05, 0) is 25.1 Å². The lowest BCUT2D eigenvalue weighted by atomic mass is 10.1. The van der Waals surface area contributed by atoms with E-state index in [-0.39, 0.29) is 5.56 Å². The molecule has 0 heterocycles. The van der Waals surface area contributed by atoms with Crippen LogP contribution in [0.1, 0.15) is 22.8 Å². The molecule has 1 aromatic carbocycles. The third-order valence-corrected chi connectivity index (χ3v) is 1.87. The summed E-state index contributed by atoms with van der Waals surface area (Å²) in [5.41, 5.74) is -1.51. The van der Waals surface area contributed by atoms with Crippen molar-refractivity contribution in [1.82, 2.24) is 5.32 Å². The Balaban J connectivity index is 3.05. The molecule has 0 aliphatic heterocycles. The number of hydrogen-bond donors (Lipinski definition) is 1. The molecule has 1 N–H and O–H groups in total. The molecule has 0 atom stereocenters. The average molecular weight is 235 g/mol. The summed E-state index contributed by atoms with van der Waals surface area (Å²) in [4.78, 5) is 11.2. The highest BCUT2D eigenvalue weighted by molar-refractivity contribution is 5.94. The third kappa shape index (κ3) is 2.71. The lowest BCUT2D eigenvalue weighted by Gasteiger charge is -2.09. The van der Waals surface area contributed by atoms with Gasteiger partial charge in [0.1, 0.15) is 5.82 Å². The summed E-state index contributed by atoms with van der Waals surface area (Å²) in [6.45, 7) is 1.97. The number of hydrogen-bond acceptors (Lipinski definition) is 1. The summed E-state index contributed by atoms with van der Waals surface area (Å²) in [6, 6.07) is 2.07. The molecule has 0 fully saturated rings. The van der Waals surface area contributed by atoms with E-state index in [1.54, 1.807) is 6.92 Å². The molecule has 0 bridgehead atoms. The van der Waals surface area contributed by atoms with Crippen molar-refractivity contribution >= 4 is 5.91 Å². The minimum absolute atomic E-state index is 0.132. The Labute approximate surface area is 89.3 Å². The van der Waals surface area contributed by atoms with Crippen molar-refractivity contribution in [3.63, 3.8) is 0 Å². The van der Waals surface area contributed by atoms with E-state index in [0.29, 0.717) is 18.7 Å². The highest BCUT2D eigenvalue weighted by atomic mass is 19.4. The average Bonchev–Trinajstić information content (AvgIpc) is 2.16. The molecule has 88 valence electrons. The maximum atomic E-state index is 13.0. The summed E-state index contributed by atoms with van der Waals surface area (Å²) in [7, 11) is 0. The van der Waals surface area contributed by atoms with E-state index in [0.717, 1.165) is 6.07 Å². The molecule has 1 aromatic rings. The predicted octanol–water partition coefficient (Wildman–Crippen LogP) is 2.59. The molecular weight excluding hydrogens is 226 g/mol. The van der Waals surface area contributed by atoms with Gasteiger partial charge in [-0.2, -0.15) is 13.2 Å². The Kier molecular flexibility index (Phi) is 3.51. The van der Waals surface area contributed by atoms with E-state index < -0.39 is 23.5 Å². The van der Waals surface area contributed by atoms with Gasteiger partial charge in [-0.25, -0.2) is 4.39 Å². The summed E-state index contributed by atoms with van der Waals surface area (Å²) >= 11 is 0. The number of rotatable bonds is 2. The van der Waals surface area contributed by atoms with Crippen molar-refractivity contribution in [3.8, 4) is 0 Å². The van der Waals surface area contributed by atoms with Crippen molar-refractivity contribution in [3.05, 3.63) is 35.1 Å². The smallest absolute Gasteiger partial charge is 0.352 e. The van der Waals surface area contributed by atoms with Gasteiger partial charge < -0.3 is 5.32 Å². The highest BCUT2D eigenvalue weighted by Crippen LogP contribution is 2.31. The molecule has 0 unspecified atom stereocenters. The molecule has 1 rings (SSSR count). The molecule has 0 aliphatic carbocycles. The largest absolute Gasteiger partial charge is 0.419 e. The van der Waals surface area contributed by atoms with Crippen molar-refractivity contribution in [2.24, 2.45) is 0 Å². The number of amides is 1. The van der Waals surface area contributed by atoms with Gasteiger partial charge in [0, 0.05) is 12.1 Å². The van der Waals surface area contributed by atoms with Crippen molar-refractivity contribution in [2.75, 3.05) is 6.54 Å². The van der Waals surface area contributed by atoms with Crippen LogP contribution in [-0.4, -0.2) is 12.5 Å². The second-order valence-corrected chi connectivity index (χ2v) is 3.05. The first-order valence-corrected chi connectivity index (χ1v) is 4.51. The van der Waals surface area contributed by atoms with Crippen LogP contribution >= 0.6 is 0 Å². The van der Waals surface area contributed by atoms with Gasteiger partial charge >= 0.3 is 6.18 Å². The van der Waals surface area contributed by atoms with E-state index in [4.69, 9.17) is 0 Å². The topological polar surface area (TPSA) is 29.1 Å². The Morgan fingerprint density at radius 2 is 2.00 bits per heavy atom. The standard InChI is InChI=1S/C10H9F4NO/c1-2-15-9(16)6-3-4-7(8(11)5-6)10(12,13)14/h3-5H,2H2,1H3,(H,15,16). The molecule has 0 saturated heterocycles. The molecule has 0 aromatic heterocycles. The molecule has 0 saturated carbocycles. The Hall–Kier alpha value is -1.59. The van der Waals surface area contributed by atoms with Crippen LogP contribution in [-0.2, 0) is 6.18 Å². The first kappa shape index (κ1) is 12.5. The minimum Gasteiger partial charge on any atom is -0.352 e. The van der Waals surface area contributed by atoms with Crippen LogP contribution in [0, 0.1) is 5.82 Å². The lowest BCUT2D eigenvalue weighted by Crippen LogP contribution is -2.23. The highest BCUT2D eigenvalue weighted by Gasteiger charge is 2.34. The Morgan fingerprint density at radius 3 is 2.44 bits per heavy atom. The zero-order valence-electron chi connectivity index (χ0n) is 8.36. The SMILES string of the molecule is CCNC(=O)c1ccc(C(F)(F)F)c(F)c1. The fraction of sp³-hybridized carbons (Fsp3) is 0.300. The molecule has 0 spiro atoms. The van der Waals surface area contributed by atoms with Crippen LogP contribution in [0.25, 0.3) is 0 Å². The van der Waals surface area contributed by atoms with E-state index in [1.165, 1.54) is 0 Å². The number of benzene rings is 1. The number of nitrogens with one attached hydrogen (secondary N) is 1. The molecule has 0 aliphatic rings. The first-order valence-electron chi connectivity index (χ1n) is 4.51. The van der Waals surface area contributed by atoms with Gasteiger partial charge in [0.15, 0.2) is 0 Å². The van der Waals surface area contributed by atoms with E-state index in [9.17, 15) is 22.4 Å². The van der Waals surface area contributed by atoms with Crippen molar-refractivity contribution in [1.29, 1.82) is 0 Å². The number of carbonyl (C=O) groups excluding carboxylic acids is 1. The normalized spacial score (nSPS) is 11.3. The van der Waals surface area contributed by atoms with Crippen molar-refractivity contribution < 1.29 is 22.4 Å². The fourth-order valence-corrected chi connectivity index (χ4v) is 1.15. The molecule has 6 heteroatoms. The zero-order chi connectivity index (χ0) is 12.3. The van der Waals surface area contributed by atoms with Gasteiger partial charge in [-0.3, -0.25) is 4.79 Å². The predicted molar refractivity (Wildman–Crippen MR) is 49.4 cm³/mol. The zero-order valence-corrected chi connectivity index (χ0v) is 8.36. The maximum Gasteiger partial charge on any atom is 0.419 e. The second kappa shape index (κ2) is 4.51. The Morgan fingerprint density at radius 1 is 1.38 bits per heavy atom. The monoisotopic (exact) mass is 235 g/mol. The van der Waals surface area contributed by atoms with Gasteiger partial charge in [0.25, 0.3) is 5.91 Å². The quantitative estimate of drug-likeness (QED) is 0.784. The number of alkyl halides is 3. The molecule has 2 nitrogen and oxygen atoms in total. The molecule has 1 amide bonds. The van der Waals surface area contributed by atoms with Gasteiger partial charge in [-0.1, -0.05) is 0 Å². The van der Waals surface area contributed by atoms with E-state index in [1.807, 2.05) is 0 Å². The molecule has 0 radical (unpaired) electrons.